The maximum absolute atomic E-state index is 14.3. The molecule has 0 aliphatic rings. The van der Waals surface area contributed by atoms with E-state index in [1.54, 1.807) is 35.2 Å². The summed E-state index contributed by atoms with van der Waals surface area (Å²) in [5.41, 5.74) is -0.428. The molecule has 4 rings (SSSR count). The van der Waals surface area contributed by atoms with Gasteiger partial charge in [-0.15, -0.1) is 0 Å². The number of benzene rings is 2. The van der Waals surface area contributed by atoms with Crippen LogP contribution in [0.1, 0.15) is 16.2 Å². The van der Waals surface area contributed by atoms with Crippen LogP contribution in [0.15, 0.2) is 55.1 Å². The number of aryl methyl sites for hydroxylation is 1. The van der Waals surface area contributed by atoms with Crippen LogP contribution in [0.2, 0.25) is 0 Å². The van der Waals surface area contributed by atoms with E-state index in [1.165, 1.54) is 18.5 Å². The van der Waals surface area contributed by atoms with E-state index in [9.17, 15) is 18.0 Å². The molecule has 0 saturated heterocycles. The highest BCUT2D eigenvalue weighted by Gasteiger charge is 2.23. The largest absolute Gasteiger partial charge is 0.491 e. The number of ether oxygens (including phenoxy) is 2. The lowest BCUT2D eigenvalue weighted by Gasteiger charge is -2.11. The van der Waals surface area contributed by atoms with Crippen LogP contribution >= 0.6 is 0 Å². The minimum atomic E-state index is -1.51. The number of nitrogens with one attached hydrogen (secondary N) is 1. The number of nitrogens with zero attached hydrogens (tertiary/aromatic N) is 4. The van der Waals surface area contributed by atoms with Gasteiger partial charge in [0, 0.05) is 24.1 Å². The Hall–Kier alpha value is -4.41. The van der Waals surface area contributed by atoms with Crippen LogP contribution in [0.4, 0.5) is 18.9 Å². The van der Waals surface area contributed by atoms with Crippen LogP contribution in [0.25, 0.3) is 5.82 Å². The zero-order chi connectivity index (χ0) is 23.5. The van der Waals surface area contributed by atoms with Gasteiger partial charge in [-0.25, -0.2) is 23.7 Å². The zero-order valence-electron chi connectivity index (χ0n) is 17.3. The number of hydrogen-bond acceptors (Lipinski definition) is 6. The van der Waals surface area contributed by atoms with Gasteiger partial charge in [0.05, 0.1) is 12.7 Å². The molecule has 0 saturated carbocycles. The first-order chi connectivity index (χ1) is 15.9. The minimum Gasteiger partial charge on any atom is -0.491 e. The van der Waals surface area contributed by atoms with E-state index < -0.39 is 34.7 Å². The summed E-state index contributed by atoms with van der Waals surface area (Å²) in [5, 5.41) is 2.41. The lowest BCUT2D eigenvalue weighted by molar-refractivity contribution is 0.102. The Morgan fingerprint density at radius 2 is 1.79 bits per heavy atom. The van der Waals surface area contributed by atoms with Crippen molar-refractivity contribution >= 4 is 11.6 Å². The third kappa shape index (κ3) is 4.47. The van der Waals surface area contributed by atoms with Crippen molar-refractivity contribution in [2.75, 3.05) is 12.4 Å². The number of rotatable bonds is 6. The molecule has 0 fully saturated rings. The van der Waals surface area contributed by atoms with Crippen molar-refractivity contribution in [1.82, 2.24) is 19.5 Å². The van der Waals surface area contributed by atoms with Crippen molar-refractivity contribution < 1.29 is 27.4 Å². The summed E-state index contributed by atoms with van der Waals surface area (Å²) in [6.45, 7) is 1.83. The standard InChI is InChI=1S/C22H16F3N5O3/c1-12-26-7-8-30(12)17-10-18(28-11-27-17)33-14-5-3-13(4-6-14)29-22(31)15-9-16(23)20(25)21(32-2)19(15)24/h3-11H,1-2H3,(H,29,31). The van der Waals surface area contributed by atoms with Gasteiger partial charge in [0.25, 0.3) is 5.91 Å². The number of carbonyl (C=O) groups is 1. The van der Waals surface area contributed by atoms with Crippen LogP contribution in [-0.4, -0.2) is 32.5 Å². The fourth-order valence-electron chi connectivity index (χ4n) is 2.99. The molecule has 11 heteroatoms. The lowest BCUT2D eigenvalue weighted by atomic mass is 10.1. The second-order valence-electron chi connectivity index (χ2n) is 6.71. The molecule has 0 aliphatic heterocycles. The van der Waals surface area contributed by atoms with E-state index in [1.807, 2.05) is 6.92 Å². The Balaban J connectivity index is 1.48. The summed E-state index contributed by atoms with van der Waals surface area (Å²) in [6, 6.07) is 8.16. The Labute approximate surface area is 185 Å². The van der Waals surface area contributed by atoms with E-state index >= 15 is 0 Å². The molecule has 2 heterocycles. The van der Waals surface area contributed by atoms with E-state index in [0.29, 0.717) is 17.6 Å². The van der Waals surface area contributed by atoms with E-state index in [-0.39, 0.29) is 11.6 Å². The number of carbonyl (C=O) groups excluding carboxylic acids is 1. The molecule has 0 bridgehead atoms. The molecule has 0 aliphatic carbocycles. The van der Waals surface area contributed by atoms with Crippen molar-refractivity contribution in [2.24, 2.45) is 0 Å². The summed E-state index contributed by atoms with van der Waals surface area (Å²) in [7, 11) is 0.971. The minimum absolute atomic E-state index is 0.271. The molecular weight excluding hydrogens is 439 g/mol. The molecule has 33 heavy (non-hydrogen) atoms. The van der Waals surface area contributed by atoms with E-state index in [4.69, 9.17) is 4.74 Å². The Kier molecular flexibility index (Phi) is 5.94. The van der Waals surface area contributed by atoms with Gasteiger partial charge in [0.1, 0.15) is 23.7 Å². The maximum Gasteiger partial charge on any atom is 0.258 e. The highest BCUT2D eigenvalue weighted by atomic mass is 19.2. The summed E-state index contributed by atoms with van der Waals surface area (Å²) >= 11 is 0. The topological polar surface area (TPSA) is 91.2 Å². The fourth-order valence-corrected chi connectivity index (χ4v) is 2.99. The van der Waals surface area contributed by atoms with Crippen LogP contribution in [-0.2, 0) is 0 Å². The smallest absolute Gasteiger partial charge is 0.258 e. The first-order valence-electron chi connectivity index (χ1n) is 9.50. The monoisotopic (exact) mass is 455 g/mol. The quantitative estimate of drug-likeness (QED) is 0.432. The highest BCUT2D eigenvalue weighted by molar-refractivity contribution is 6.04. The van der Waals surface area contributed by atoms with Gasteiger partial charge in [0.2, 0.25) is 11.7 Å². The van der Waals surface area contributed by atoms with E-state index in [2.05, 4.69) is 25.0 Å². The third-order valence-electron chi connectivity index (χ3n) is 4.60. The van der Waals surface area contributed by atoms with E-state index in [0.717, 1.165) is 12.9 Å². The molecule has 1 N–H and O–H groups in total. The van der Waals surface area contributed by atoms with Gasteiger partial charge in [0.15, 0.2) is 17.4 Å². The number of hydrogen-bond donors (Lipinski definition) is 1. The van der Waals surface area contributed by atoms with Gasteiger partial charge in [-0.2, -0.15) is 4.39 Å². The SMILES string of the molecule is COc1c(F)c(F)cc(C(=O)Nc2ccc(Oc3cc(-n4ccnc4C)ncn3)cc2)c1F. The van der Waals surface area contributed by atoms with Crippen LogP contribution in [0.5, 0.6) is 17.4 Å². The predicted molar refractivity (Wildman–Crippen MR) is 111 cm³/mol. The van der Waals surface area contributed by atoms with Crippen LogP contribution in [0.3, 0.4) is 0 Å². The average Bonchev–Trinajstić information content (AvgIpc) is 3.24. The summed E-state index contributed by atoms with van der Waals surface area (Å²) in [4.78, 5) is 24.8. The first-order valence-corrected chi connectivity index (χ1v) is 9.50. The Morgan fingerprint density at radius 1 is 1.03 bits per heavy atom. The second kappa shape index (κ2) is 8.99. The molecule has 0 radical (unpaired) electrons. The highest BCUT2D eigenvalue weighted by Crippen LogP contribution is 2.28. The van der Waals surface area contributed by atoms with Gasteiger partial charge >= 0.3 is 0 Å². The van der Waals surface area contributed by atoms with Gasteiger partial charge < -0.3 is 14.8 Å². The summed E-state index contributed by atoms with van der Waals surface area (Å²) in [5.74, 6) is -4.17. The Bertz CT molecular complexity index is 1330. The number of amides is 1. The second-order valence-corrected chi connectivity index (χ2v) is 6.71. The summed E-state index contributed by atoms with van der Waals surface area (Å²) in [6.07, 6.45) is 4.75. The Morgan fingerprint density at radius 3 is 2.45 bits per heavy atom. The predicted octanol–water partition coefficient (Wildman–Crippen LogP) is 4.44. The molecule has 8 nitrogen and oxygen atoms in total. The van der Waals surface area contributed by atoms with Crippen molar-refractivity contribution in [1.29, 1.82) is 0 Å². The molecule has 0 unspecified atom stereocenters. The number of anilines is 1. The lowest BCUT2D eigenvalue weighted by Crippen LogP contribution is -2.15. The van der Waals surface area contributed by atoms with Crippen molar-refractivity contribution in [3.63, 3.8) is 0 Å². The molecule has 168 valence electrons. The fraction of sp³-hybridized carbons (Fsp3) is 0.0909. The molecule has 2 aromatic heterocycles. The molecule has 4 aromatic rings. The third-order valence-corrected chi connectivity index (χ3v) is 4.60. The molecular formula is C22H16F3N5O3. The molecule has 1 amide bonds. The normalized spacial score (nSPS) is 10.7. The average molecular weight is 455 g/mol. The first kappa shape index (κ1) is 21.8. The van der Waals surface area contributed by atoms with Crippen LogP contribution < -0.4 is 14.8 Å². The number of aromatic nitrogens is 4. The number of methoxy groups -OCH3 is 1. The molecule has 2 aromatic carbocycles. The van der Waals surface area contributed by atoms with Gasteiger partial charge in [-0.1, -0.05) is 0 Å². The molecule has 0 spiro atoms. The molecule has 0 atom stereocenters. The van der Waals surface area contributed by atoms with Gasteiger partial charge in [-0.05, 0) is 37.3 Å². The maximum atomic E-state index is 14.3. The van der Waals surface area contributed by atoms with Crippen molar-refractivity contribution in [3.8, 4) is 23.2 Å². The zero-order valence-corrected chi connectivity index (χ0v) is 17.3. The number of imidazole rings is 1. The van der Waals surface area contributed by atoms with Crippen LogP contribution in [0, 0.1) is 24.4 Å². The van der Waals surface area contributed by atoms with Crippen molar-refractivity contribution in [2.45, 2.75) is 6.92 Å². The summed E-state index contributed by atoms with van der Waals surface area (Å²) < 4.78 is 53.5. The van der Waals surface area contributed by atoms with Gasteiger partial charge in [-0.3, -0.25) is 9.36 Å². The van der Waals surface area contributed by atoms with Crippen molar-refractivity contribution in [3.05, 3.63) is 84.0 Å². The number of halogens is 3.